The lowest BCUT2D eigenvalue weighted by atomic mass is 10.1. The maximum Gasteiger partial charge on any atom is 0.251 e. The van der Waals surface area contributed by atoms with Gasteiger partial charge in [-0.1, -0.05) is 19.9 Å². The molecule has 2 N–H and O–H groups in total. The van der Waals surface area contributed by atoms with Crippen molar-refractivity contribution in [3.05, 3.63) is 29.3 Å². The second-order valence-corrected chi connectivity index (χ2v) is 4.55. The third-order valence-corrected chi connectivity index (χ3v) is 3.18. The van der Waals surface area contributed by atoms with Crippen LogP contribution >= 0.6 is 0 Å². The molecule has 0 radical (unpaired) electrons. The van der Waals surface area contributed by atoms with E-state index in [-0.39, 0.29) is 5.91 Å². The van der Waals surface area contributed by atoms with E-state index in [1.54, 1.807) is 0 Å². The van der Waals surface area contributed by atoms with Gasteiger partial charge in [-0.3, -0.25) is 4.79 Å². The number of carbonyl (C=O) groups is 1. The number of carbonyl (C=O) groups excluding carboxylic acids is 1. The first kappa shape index (κ1) is 14.6. The minimum atomic E-state index is -0.00917. The zero-order chi connectivity index (χ0) is 13.5. The molecule has 1 amide bonds. The quantitative estimate of drug-likeness (QED) is 0.810. The average molecular weight is 248 g/mol. The molecule has 0 heterocycles. The standard InChI is InChI=1S/C15H24N2O/c1-5-13(6-2)17-14-10-12(9-8-11(14)4)15(18)16-7-3/h8-10,13,17H,5-7H2,1-4H3,(H,16,18). The zero-order valence-electron chi connectivity index (χ0n) is 11.8. The molecule has 3 heteroatoms. The summed E-state index contributed by atoms with van der Waals surface area (Å²) in [5.74, 6) is -0.00917. The lowest BCUT2D eigenvalue weighted by molar-refractivity contribution is 0.0956. The molecular weight excluding hydrogens is 224 g/mol. The van der Waals surface area contributed by atoms with Gasteiger partial charge in [-0.25, -0.2) is 0 Å². The van der Waals surface area contributed by atoms with Crippen LogP contribution in [-0.4, -0.2) is 18.5 Å². The predicted molar refractivity (Wildman–Crippen MR) is 77.2 cm³/mol. The van der Waals surface area contributed by atoms with Crippen molar-refractivity contribution in [3.63, 3.8) is 0 Å². The summed E-state index contributed by atoms with van der Waals surface area (Å²) in [6, 6.07) is 6.28. The molecule has 0 spiro atoms. The number of rotatable bonds is 6. The fourth-order valence-electron chi connectivity index (χ4n) is 1.89. The largest absolute Gasteiger partial charge is 0.382 e. The van der Waals surface area contributed by atoms with E-state index in [2.05, 4.69) is 31.4 Å². The Morgan fingerprint density at radius 1 is 1.22 bits per heavy atom. The van der Waals surface area contributed by atoms with Crippen molar-refractivity contribution < 1.29 is 4.79 Å². The Bertz CT molecular complexity index is 397. The Morgan fingerprint density at radius 2 is 1.89 bits per heavy atom. The van der Waals surface area contributed by atoms with E-state index in [4.69, 9.17) is 0 Å². The molecule has 18 heavy (non-hydrogen) atoms. The summed E-state index contributed by atoms with van der Waals surface area (Å²) in [5, 5.41) is 6.33. The Hall–Kier alpha value is -1.51. The maximum absolute atomic E-state index is 11.8. The third-order valence-electron chi connectivity index (χ3n) is 3.18. The molecule has 0 aliphatic carbocycles. The van der Waals surface area contributed by atoms with Gasteiger partial charge in [0.05, 0.1) is 0 Å². The van der Waals surface area contributed by atoms with E-state index in [9.17, 15) is 4.79 Å². The molecule has 1 aromatic rings. The number of nitrogens with one attached hydrogen (secondary N) is 2. The Balaban J connectivity index is 2.90. The Morgan fingerprint density at radius 3 is 2.44 bits per heavy atom. The fraction of sp³-hybridized carbons (Fsp3) is 0.533. The van der Waals surface area contributed by atoms with Gasteiger partial charge in [0.1, 0.15) is 0 Å². The van der Waals surface area contributed by atoms with E-state index < -0.39 is 0 Å². The first-order valence-corrected chi connectivity index (χ1v) is 6.77. The molecule has 0 fully saturated rings. The SMILES string of the molecule is CCNC(=O)c1ccc(C)c(NC(CC)CC)c1. The number of hydrogen-bond donors (Lipinski definition) is 2. The molecule has 0 aromatic heterocycles. The molecule has 1 aromatic carbocycles. The summed E-state index contributed by atoms with van der Waals surface area (Å²) in [5.41, 5.74) is 2.96. The van der Waals surface area contributed by atoms with Crippen LogP contribution in [0.2, 0.25) is 0 Å². The molecule has 100 valence electrons. The van der Waals surface area contributed by atoms with Crippen molar-refractivity contribution in [2.45, 2.75) is 46.6 Å². The molecule has 0 atom stereocenters. The van der Waals surface area contributed by atoms with Gasteiger partial charge in [0.15, 0.2) is 0 Å². The van der Waals surface area contributed by atoms with Gasteiger partial charge in [0.25, 0.3) is 5.91 Å². The predicted octanol–water partition coefficient (Wildman–Crippen LogP) is 3.35. The fourth-order valence-corrected chi connectivity index (χ4v) is 1.89. The van der Waals surface area contributed by atoms with Crippen LogP contribution < -0.4 is 10.6 Å². The van der Waals surface area contributed by atoms with E-state index >= 15 is 0 Å². The van der Waals surface area contributed by atoms with Crippen LogP contribution in [0.15, 0.2) is 18.2 Å². The molecule has 0 saturated carbocycles. The summed E-state index contributed by atoms with van der Waals surface area (Å²) in [4.78, 5) is 11.8. The molecule has 3 nitrogen and oxygen atoms in total. The molecule has 0 aliphatic heterocycles. The molecule has 0 aliphatic rings. The van der Waals surface area contributed by atoms with Crippen molar-refractivity contribution in [2.75, 3.05) is 11.9 Å². The topological polar surface area (TPSA) is 41.1 Å². The first-order valence-electron chi connectivity index (χ1n) is 6.77. The van der Waals surface area contributed by atoms with Crippen molar-refractivity contribution in [1.82, 2.24) is 5.32 Å². The molecule has 1 rings (SSSR count). The van der Waals surface area contributed by atoms with E-state index in [1.165, 1.54) is 5.56 Å². The van der Waals surface area contributed by atoms with Crippen LogP contribution in [0.1, 0.15) is 49.5 Å². The van der Waals surface area contributed by atoms with E-state index in [1.807, 2.05) is 25.1 Å². The van der Waals surface area contributed by atoms with Crippen molar-refractivity contribution in [2.24, 2.45) is 0 Å². The highest BCUT2D eigenvalue weighted by Gasteiger charge is 2.09. The first-order chi connectivity index (χ1) is 8.62. The van der Waals surface area contributed by atoms with Gasteiger partial charge < -0.3 is 10.6 Å². The van der Waals surface area contributed by atoms with Crippen molar-refractivity contribution >= 4 is 11.6 Å². The number of hydrogen-bond acceptors (Lipinski definition) is 2. The van der Waals surface area contributed by atoms with Crippen molar-refractivity contribution in [3.8, 4) is 0 Å². The van der Waals surface area contributed by atoms with Crippen LogP contribution in [0.5, 0.6) is 0 Å². The summed E-state index contributed by atoms with van der Waals surface area (Å²) >= 11 is 0. The highest BCUT2D eigenvalue weighted by molar-refractivity contribution is 5.95. The average Bonchev–Trinajstić information content (AvgIpc) is 2.38. The van der Waals surface area contributed by atoms with Crippen LogP contribution in [-0.2, 0) is 0 Å². The number of amides is 1. The highest BCUT2D eigenvalue weighted by atomic mass is 16.1. The molecule has 0 unspecified atom stereocenters. The maximum atomic E-state index is 11.8. The number of anilines is 1. The van der Waals surface area contributed by atoms with Gasteiger partial charge in [-0.15, -0.1) is 0 Å². The monoisotopic (exact) mass is 248 g/mol. The van der Waals surface area contributed by atoms with Crippen LogP contribution in [0.4, 0.5) is 5.69 Å². The molecule has 0 bridgehead atoms. The molecule has 0 saturated heterocycles. The minimum Gasteiger partial charge on any atom is -0.382 e. The third kappa shape index (κ3) is 3.76. The number of benzene rings is 1. The summed E-state index contributed by atoms with van der Waals surface area (Å²) in [6.45, 7) is 8.98. The van der Waals surface area contributed by atoms with Crippen molar-refractivity contribution in [1.29, 1.82) is 0 Å². The van der Waals surface area contributed by atoms with Crippen LogP contribution in [0, 0.1) is 6.92 Å². The smallest absolute Gasteiger partial charge is 0.251 e. The summed E-state index contributed by atoms with van der Waals surface area (Å²) in [6.07, 6.45) is 2.17. The summed E-state index contributed by atoms with van der Waals surface area (Å²) < 4.78 is 0. The lowest BCUT2D eigenvalue weighted by Crippen LogP contribution is -2.23. The lowest BCUT2D eigenvalue weighted by Gasteiger charge is -2.18. The van der Waals surface area contributed by atoms with Crippen LogP contribution in [0.3, 0.4) is 0 Å². The molecular formula is C15H24N2O. The summed E-state index contributed by atoms with van der Waals surface area (Å²) in [7, 11) is 0. The normalized spacial score (nSPS) is 10.5. The van der Waals surface area contributed by atoms with Gasteiger partial charge in [0.2, 0.25) is 0 Å². The second kappa shape index (κ2) is 7.04. The Kier molecular flexibility index (Phi) is 5.69. The Labute approximate surface area is 110 Å². The van der Waals surface area contributed by atoms with E-state index in [0.717, 1.165) is 24.1 Å². The highest BCUT2D eigenvalue weighted by Crippen LogP contribution is 2.19. The number of aryl methyl sites for hydroxylation is 1. The van der Waals surface area contributed by atoms with E-state index in [0.29, 0.717) is 12.6 Å². The van der Waals surface area contributed by atoms with Gasteiger partial charge in [0, 0.05) is 23.8 Å². The van der Waals surface area contributed by atoms with Gasteiger partial charge >= 0.3 is 0 Å². The van der Waals surface area contributed by atoms with Gasteiger partial charge in [-0.05, 0) is 44.4 Å². The second-order valence-electron chi connectivity index (χ2n) is 4.55. The van der Waals surface area contributed by atoms with Gasteiger partial charge in [-0.2, -0.15) is 0 Å². The van der Waals surface area contributed by atoms with Crippen LogP contribution in [0.25, 0.3) is 0 Å². The minimum absolute atomic E-state index is 0.00917. The zero-order valence-corrected chi connectivity index (χ0v) is 11.8.